The Labute approximate surface area is 71.8 Å². The molecule has 0 rings (SSSR count). The lowest BCUT2D eigenvalue weighted by atomic mass is 10.3. The standard InChI is InChI=1S/C6H15O5P/c1-4-5-6(10-2,11-3)12(7,8)9/h4-5H2,1-3H3,(H2,7,8,9). The maximum atomic E-state index is 10.9. The van der Waals surface area contributed by atoms with Gasteiger partial charge in [0.2, 0.25) is 0 Å². The molecule has 0 heterocycles. The van der Waals surface area contributed by atoms with Crippen LogP contribution in [-0.4, -0.2) is 29.5 Å². The molecule has 0 radical (unpaired) electrons. The van der Waals surface area contributed by atoms with Crippen molar-refractivity contribution in [3.63, 3.8) is 0 Å². The Bertz CT molecular complexity index is 171. The van der Waals surface area contributed by atoms with Crippen LogP contribution in [0.3, 0.4) is 0 Å². The second-order valence-electron chi connectivity index (χ2n) is 2.41. The van der Waals surface area contributed by atoms with E-state index in [4.69, 9.17) is 19.3 Å². The molecule has 74 valence electrons. The van der Waals surface area contributed by atoms with Crippen molar-refractivity contribution in [3.8, 4) is 0 Å². The molecule has 0 aliphatic rings. The zero-order chi connectivity index (χ0) is 9.83. The van der Waals surface area contributed by atoms with E-state index in [1.807, 2.05) is 0 Å². The molecule has 12 heavy (non-hydrogen) atoms. The van der Waals surface area contributed by atoms with Gasteiger partial charge in [-0.2, -0.15) is 0 Å². The van der Waals surface area contributed by atoms with Crippen LogP contribution in [0.25, 0.3) is 0 Å². The van der Waals surface area contributed by atoms with Crippen LogP contribution in [0, 0.1) is 0 Å². The Morgan fingerprint density at radius 3 is 1.83 bits per heavy atom. The molecule has 0 spiro atoms. The minimum atomic E-state index is -4.37. The van der Waals surface area contributed by atoms with Crippen LogP contribution in [0.1, 0.15) is 19.8 Å². The fraction of sp³-hybridized carbons (Fsp3) is 1.00. The quantitative estimate of drug-likeness (QED) is 0.507. The van der Waals surface area contributed by atoms with Crippen LogP contribution in [0.2, 0.25) is 0 Å². The van der Waals surface area contributed by atoms with Crippen LogP contribution < -0.4 is 0 Å². The highest BCUT2D eigenvalue weighted by Gasteiger charge is 2.47. The fourth-order valence-electron chi connectivity index (χ4n) is 0.987. The first kappa shape index (κ1) is 12.1. The molecule has 0 fully saturated rings. The zero-order valence-electron chi connectivity index (χ0n) is 7.48. The molecule has 6 heteroatoms. The molecule has 0 amide bonds. The van der Waals surface area contributed by atoms with E-state index in [1.165, 1.54) is 14.2 Å². The van der Waals surface area contributed by atoms with Crippen molar-refractivity contribution >= 4 is 7.60 Å². The average molecular weight is 198 g/mol. The van der Waals surface area contributed by atoms with E-state index in [2.05, 4.69) is 0 Å². The predicted octanol–water partition coefficient (Wildman–Crippen LogP) is 0.911. The molecule has 0 aromatic carbocycles. The first-order valence-corrected chi connectivity index (χ1v) is 5.20. The molecule has 0 saturated heterocycles. The largest absolute Gasteiger partial charge is 0.384 e. The SMILES string of the molecule is CCCC(OC)(OC)P(=O)(O)O. The van der Waals surface area contributed by atoms with Crippen LogP contribution in [0.4, 0.5) is 0 Å². The summed E-state index contributed by atoms with van der Waals surface area (Å²) in [5.41, 5.74) is -1.76. The molecule has 0 unspecified atom stereocenters. The molecule has 0 atom stereocenters. The van der Waals surface area contributed by atoms with E-state index in [1.54, 1.807) is 6.92 Å². The Morgan fingerprint density at radius 2 is 1.75 bits per heavy atom. The van der Waals surface area contributed by atoms with Crippen LogP contribution in [0.15, 0.2) is 0 Å². The smallest absolute Gasteiger partial charge is 0.343 e. The number of hydrogen-bond donors (Lipinski definition) is 2. The van der Waals surface area contributed by atoms with Gasteiger partial charge < -0.3 is 19.3 Å². The number of hydrogen-bond acceptors (Lipinski definition) is 3. The van der Waals surface area contributed by atoms with E-state index in [0.717, 1.165) is 0 Å². The van der Waals surface area contributed by atoms with Crippen molar-refractivity contribution in [3.05, 3.63) is 0 Å². The monoisotopic (exact) mass is 198 g/mol. The molecule has 5 nitrogen and oxygen atoms in total. The number of rotatable bonds is 5. The lowest BCUT2D eigenvalue weighted by Gasteiger charge is -2.30. The van der Waals surface area contributed by atoms with Crippen molar-refractivity contribution < 1.29 is 23.8 Å². The number of methoxy groups -OCH3 is 2. The van der Waals surface area contributed by atoms with Crippen molar-refractivity contribution in [2.24, 2.45) is 0 Å². The van der Waals surface area contributed by atoms with Gasteiger partial charge in [0.15, 0.2) is 0 Å². The lowest BCUT2D eigenvalue weighted by Crippen LogP contribution is -2.33. The molecular weight excluding hydrogens is 183 g/mol. The topological polar surface area (TPSA) is 76.0 Å². The minimum Gasteiger partial charge on any atom is -0.343 e. The van der Waals surface area contributed by atoms with Crippen LogP contribution in [0.5, 0.6) is 0 Å². The van der Waals surface area contributed by atoms with Crippen molar-refractivity contribution in [1.29, 1.82) is 0 Å². The summed E-state index contributed by atoms with van der Waals surface area (Å²) in [5.74, 6) is 0. The van der Waals surface area contributed by atoms with Gasteiger partial charge in [0.1, 0.15) is 0 Å². The molecule has 0 aromatic rings. The van der Waals surface area contributed by atoms with E-state index < -0.39 is 13.1 Å². The van der Waals surface area contributed by atoms with Gasteiger partial charge >= 0.3 is 7.60 Å². The maximum absolute atomic E-state index is 10.9. The van der Waals surface area contributed by atoms with Gasteiger partial charge in [0, 0.05) is 20.6 Å². The Balaban J connectivity index is 4.70. The summed E-state index contributed by atoms with van der Waals surface area (Å²) in [4.78, 5) is 17.8. The van der Waals surface area contributed by atoms with Gasteiger partial charge in [0.25, 0.3) is 5.53 Å². The fourth-order valence-corrected chi connectivity index (χ4v) is 1.98. The van der Waals surface area contributed by atoms with E-state index in [0.29, 0.717) is 6.42 Å². The Kier molecular flexibility index (Phi) is 4.37. The van der Waals surface area contributed by atoms with Crippen molar-refractivity contribution in [2.75, 3.05) is 14.2 Å². The second kappa shape index (κ2) is 4.35. The first-order chi connectivity index (χ1) is 5.43. The summed E-state index contributed by atoms with van der Waals surface area (Å²) in [6.45, 7) is 1.79. The zero-order valence-corrected chi connectivity index (χ0v) is 8.38. The third-order valence-electron chi connectivity index (χ3n) is 1.65. The van der Waals surface area contributed by atoms with E-state index in [-0.39, 0.29) is 6.42 Å². The minimum absolute atomic E-state index is 0.171. The third-order valence-corrected chi connectivity index (χ3v) is 3.12. The highest BCUT2D eigenvalue weighted by atomic mass is 31.2. The highest BCUT2D eigenvalue weighted by molar-refractivity contribution is 7.53. The third kappa shape index (κ3) is 2.28. The maximum Gasteiger partial charge on any atom is 0.384 e. The van der Waals surface area contributed by atoms with Gasteiger partial charge in [-0.05, 0) is 0 Å². The number of ether oxygens (including phenoxy) is 2. The van der Waals surface area contributed by atoms with Crippen molar-refractivity contribution in [1.82, 2.24) is 0 Å². The van der Waals surface area contributed by atoms with E-state index in [9.17, 15) is 4.57 Å². The van der Waals surface area contributed by atoms with Crippen LogP contribution in [-0.2, 0) is 14.0 Å². The Morgan fingerprint density at radius 1 is 1.33 bits per heavy atom. The van der Waals surface area contributed by atoms with Crippen molar-refractivity contribution in [2.45, 2.75) is 25.3 Å². The van der Waals surface area contributed by atoms with Gasteiger partial charge in [-0.15, -0.1) is 0 Å². The summed E-state index contributed by atoms with van der Waals surface area (Å²) in [5, 5.41) is 0. The summed E-state index contributed by atoms with van der Waals surface area (Å²) < 4.78 is 20.4. The summed E-state index contributed by atoms with van der Waals surface area (Å²) in [7, 11) is -1.93. The van der Waals surface area contributed by atoms with Crippen LogP contribution >= 0.6 is 7.60 Å². The summed E-state index contributed by atoms with van der Waals surface area (Å²) in [6, 6.07) is 0. The molecule has 0 aliphatic carbocycles. The molecule has 0 saturated carbocycles. The highest BCUT2D eigenvalue weighted by Crippen LogP contribution is 2.53. The normalized spacial score (nSPS) is 13.4. The molecular formula is C6H15O5P. The van der Waals surface area contributed by atoms with Gasteiger partial charge in [-0.25, -0.2) is 0 Å². The van der Waals surface area contributed by atoms with Gasteiger partial charge in [-0.1, -0.05) is 13.3 Å². The van der Waals surface area contributed by atoms with E-state index >= 15 is 0 Å². The summed E-state index contributed by atoms with van der Waals surface area (Å²) in [6.07, 6.45) is 0.747. The molecule has 0 aliphatic heterocycles. The molecule has 0 bridgehead atoms. The Hall–Kier alpha value is 0.0700. The lowest BCUT2D eigenvalue weighted by molar-refractivity contribution is -0.159. The first-order valence-electron chi connectivity index (χ1n) is 3.59. The predicted molar refractivity (Wildman–Crippen MR) is 43.7 cm³/mol. The van der Waals surface area contributed by atoms with Gasteiger partial charge in [-0.3, -0.25) is 4.57 Å². The average Bonchev–Trinajstić information content (AvgIpc) is 1.98. The second-order valence-corrected chi connectivity index (χ2v) is 4.18. The summed E-state index contributed by atoms with van der Waals surface area (Å²) >= 11 is 0. The van der Waals surface area contributed by atoms with Gasteiger partial charge in [0.05, 0.1) is 0 Å². The molecule has 2 N–H and O–H groups in total. The molecule has 0 aromatic heterocycles.